The minimum atomic E-state index is -0.234. The summed E-state index contributed by atoms with van der Waals surface area (Å²) in [6.07, 6.45) is 1.65. The Balaban J connectivity index is 1.86. The van der Waals surface area contributed by atoms with Crippen molar-refractivity contribution in [1.82, 2.24) is 5.32 Å². The highest BCUT2D eigenvalue weighted by Gasteiger charge is 2.07. The van der Waals surface area contributed by atoms with Crippen LogP contribution in [0, 0.1) is 5.82 Å². The SMILES string of the molecule is CCNCc1occc1COCc1ccccc1F. The monoisotopic (exact) mass is 263 g/mol. The van der Waals surface area contributed by atoms with Gasteiger partial charge >= 0.3 is 0 Å². The molecule has 2 aromatic rings. The first-order valence-electron chi connectivity index (χ1n) is 6.38. The minimum absolute atomic E-state index is 0.234. The third-order valence-electron chi connectivity index (χ3n) is 2.85. The van der Waals surface area contributed by atoms with Crippen LogP contribution in [0.1, 0.15) is 23.8 Å². The van der Waals surface area contributed by atoms with E-state index in [2.05, 4.69) is 5.32 Å². The fraction of sp³-hybridized carbons (Fsp3) is 0.333. The Morgan fingerprint density at radius 2 is 1.95 bits per heavy atom. The standard InChI is InChI=1S/C15H18FNO2/c1-2-17-9-15-13(7-8-19-15)11-18-10-12-5-3-4-6-14(12)16/h3-8,17H,2,9-11H2,1H3. The number of halogens is 1. The zero-order valence-corrected chi connectivity index (χ0v) is 11.0. The Hall–Kier alpha value is -1.65. The summed E-state index contributed by atoms with van der Waals surface area (Å²) in [6.45, 7) is 4.29. The van der Waals surface area contributed by atoms with E-state index in [1.807, 2.05) is 13.0 Å². The van der Waals surface area contributed by atoms with E-state index in [1.165, 1.54) is 6.07 Å². The second-order valence-corrected chi connectivity index (χ2v) is 4.23. The number of hydrogen-bond donors (Lipinski definition) is 1. The van der Waals surface area contributed by atoms with Crippen LogP contribution < -0.4 is 5.32 Å². The van der Waals surface area contributed by atoms with Gasteiger partial charge in [-0.25, -0.2) is 4.39 Å². The molecule has 1 N–H and O–H groups in total. The maximum atomic E-state index is 13.4. The van der Waals surface area contributed by atoms with Gasteiger partial charge in [-0.3, -0.25) is 0 Å². The Morgan fingerprint density at radius 1 is 1.16 bits per heavy atom. The van der Waals surface area contributed by atoms with E-state index in [0.29, 0.717) is 18.7 Å². The third kappa shape index (κ3) is 3.91. The molecule has 0 spiro atoms. The van der Waals surface area contributed by atoms with Crippen LogP contribution in [-0.4, -0.2) is 6.54 Å². The predicted molar refractivity (Wildman–Crippen MR) is 71.0 cm³/mol. The average Bonchev–Trinajstić information content (AvgIpc) is 2.86. The van der Waals surface area contributed by atoms with Crippen LogP contribution in [0.3, 0.4) is 0 Å². The van der Waals surface area contributed by atoms with Crippen molar-refractivity contribution in [1.29, 1.82) is 0 Å². The summed E-state index contributed by atoms with van der Waals surface area (Å²) in [5.41, 5.74) is 1.57. The number of furan rings is 1. The molecule has 1 aromatic carbocycles. The van der Waals surface area contributed by atoms with E-state index in [9.17, 15) is 4.39 Å². The summed E-state index contributed by atoms with van der Waals surface area (Å²) >= 11 is 0. The van der Waals surface area contributed by atoms with Crippen molar-refractivity contribution in [2.24, 2.45) is 0 Å². The van der Waals surface area contributed by atoms with Gasteiger partial charge in [-0.2, -0.15) is 0 Å². The molecule has 0 saturated heterocycles. The normalized spacial score (nSPS) is 10.8. The quantitative estimate of drug-likeness (QED) is 0.832. The Bertz CT molecular complexity index is 510. The molecule has 0 bridgehead atoms. The van der Waals surface area contributed by atoms with Gasteiger partial charge < -0.3 is 14.5 Å². The van der Waals surface area contributed by atoms with Crippen molar-refractivity contribution in [2.75, 3.05) is 6.54 Å². The van der Waals surface area contributed by atoms with Crippen LogP contribution >= 0.6 is 0 Å². The lowest BCUT2D eigenvalue weighted by Crippen LogP contribution is -2.12. The minimum Gasteiger partial charge on any atom is -0.468 e. The number of rotatable bonds is 7. The van der Waals surface area contributed by atoms with Gasteiger partial charge in [0.2, 0.25) is 0 Å². The van der Waals surface area contributed by atoms with Crippen LogP contribution in [0.4, 0.5) is 4.39 Å². The molecule has 1 heterocycles. The van der Waals surface area contributed by atoms with Crippen LogP contribution in [0.2, 0.25) is 0 Å². The topological polar surface area (TPSA) is 34.4 Å². The van der Waals surface area contributed by atoms with Crippen molar-refractivity contribution >= 4 is 0 Å². The molecule has 3 nitrogen and oxygen atoms in total. The Labute approximate surface area is 112 Å². The molecule has 2 rings (SSSR count). The molecule has 0 unspecified atom stereocenters. The zero-order valence-electron chi connectivity index (χ0n) is 11.0. The van der Waals surface area contributed by atoms with Crippen LogP contribution in [-0.2, 0) is 24.5 Å². The van der Waals surface area contributed by atoms with Gasteiger partial charge in [0.05, 0.1) is 26.0 Å². The molecular formula is C15H18FNO2. The van der Waals surface area contributed by atoms with E-state index in [4.69, 9.17) is 9.15 Å². The van der Waals surface area contributed by atoms with Crippen molar-refractivity contribution in [2.45, 2.75) is 26.7 Å². The van der Waals surface area contributed by atoms with Crippen LogP contribution in [0.5, 0.6) is 0 Å². The van der Waals surface area contributed by atoms with Crippen molar-refractivity contribution in [3.8, 4) is 0 Å². The van der Waals surface area contributed by atoms with Gasteiger partial charge in [-0.15, -0.1) is 0 Å². The molecule has 19 heavy (non-hydrogen) atoms. The first-order chi connectivity index (χ1) is 9.31. The van der Waals surface area contributed by atoms with E-state index >= 15 is 0 Å². The van der Waals surface area contributed by atoms with Gasteiger partial charge in [0.25, 0.3) is 0 Å². The van der Waals surface area contributed by atoms with Crippen LogP contribution in [0.15, 0.2) is 41.0 Å². The van der Waals surface area contributed by atoms with E-state index in [-0.39, 0.29) is 12.4 Å². The summed E-state index contributed by atoms with van der Waals surface area (Å²) in [7, 11) is 0. The highest BCUT2D eigenvalue weighted by atomic mass is 19.1. The summed E-state index contributed by atoms with van der Waals surface area (Å²) in [5, 5.41) is 3.20. The molecule has 0 aliphatic carbocycles. The first-order valence-corrected chi connectivity index (χ1v) is 6.38. The third-order valence-corrected chi connectivity index (χ3v) is 2.85. The molecule has 0 radical (unpaired) electrons. The molecule has 1 aromatic heterocycles. The van der Waals surface area contributed by atoms with Gasteiger partial charge in [-0.05, 0) is 18.7 Å². The Morgan fingerprint density at radius 3 is 2.74 bits per heavy atom. The molecular weight excluding hydrogens is 245 g/mol. The van der Waals surface area contributed by atoms with Gasteiger partial charge in [0, 0.05) is 11.1 Å². The number of hydrogen-bond acceptors (Lipinski definition) is 3. The molecule has 0 aliphatic heterocycles. The fourth-order valence-corrected chi connectivity index (χ4v) is 1.78. The summed E-state index contributed by atoms with van der Waals surface area (Å²) in [4.78, 5) is 0. The largest absolute Gasteiger partial charge is 0.468 e. The summed E-state index contributed by atoms with van der Waals surface area (Å²) < 4.78 is 24.3. The summed E-state index contributed by atoms with van der Waals surface area (Å²) in [5.74, 6) is 0.637. The van der Waals surface area contributed by atoms with Gasteiger partial charge in [0.15, 0.2) is 0 Å². The molecule has 0 atom stereocenters. The first kappa shape index (κ1) is 13.8. The molecule has 0 fully saturated rings. The average molecular weight is 263 g/mol. The lowest BCUT2D eigenvalue weighted by molar-refractivity contribution is 0.103. The van der Waals surface area contributed by atoms with Gasteiger partial charge in [-0.1, -0.05) is 25.1 Å². The lowest BCUT2D eigenvalue weighted by Gasteiger charge is -2.06. The maximum absolute atomic E-state index is 13.4. The van der Waals surface area contributed by atoms with Crippen LogP contribution in [0.25, 0.3) is 0 Å². The maximum Gasteiger partial charge on any atom is 0.128 e. The lowest BCUT2D eigenvalue weighted by atomic mass is 10.2. The summed E-state index contributed by atoms with van der Waals surface area (Å²) in [6, 6.07) is 8.52. The second-order valence-electron chi connectivity index (χ2n) is 4.23. The second kappa shape index (κ2) is 7.07. The zero-order chi connectivity index (χ0) is 13.5. The van der Waals surface area contributed by atoms with Crippen molar-refractivity contribution in [3.05, 3.63) is 59.3 Å². The smallest absolute Gasteiger partial charge is 0.128 e. The molecule has 0 aliphatic rings. The molecule has 102 valence electrons. The number of nitrogens with one attached hydrogen (secondary N) is 1. The molecule has 0 saturated carbocycles. The highest BCUT2D eigenvalue weighted by Crippen LogP contribution is 2.14. The number of benzene rings is 1. The Kier molecular flexibility index (Phi) is 5.12. The highest BCUT2D eigenvalue weighted by molar-refractivity contribution is 5.17. The van der Waals surface area contributed by atoms with Crippen molar-refractivity contribution < 1.29 is 13.5 Å². The molecule has 4 heteroatoms. The number of ether oxygens (including phenoxy) is 1. The molecule has 0 amide bonds. The van der Waals surface area contributed by atoms with Gasteiger partial charge in [0.1, 0.15) is 11.6 Å². The van der Waals surface area contributed by atoms with E-state index in [0.717, 1.165) is 17.9 Å². The van der Waals surface area contributed by atoms with E-state index in [1.54, 1.807) is 24.5 Å². The van der Waals surface area contributed by atoms with Crippen molar-refractivity contribution in [3.63, 3.8) is 0 Å². The predicted octanol–water partition coefficient (Wildman–Crippen LogP) is 3.25. The fourth-order valence-electron chi connectivity index (χ4n) is 1.78. The van der Waals surface area contributed by atoms with E-state index < -0.39 is 0 Å².